The summed E-state index contributed by atoms with van der Waals surface area (Å²) in [4.78, 5) is 12.6. The fourth-order valence-electron chi connectivity index (χ4n) is 3.05. The number of nitrogens with one attached hydrogen (secondary N) is 1. The monoisotopic (exact) mass is 373 g/mol. The lowest BCUT2D eigenvalue weighted by molar-refractivity contribution is -0.124. The number of benzene rings is 1. The Bertz CT molecular complexity index is 664. The molecule has 0 spiro atoms. The molecular formula is C16H24ClN3O3S. The van der Waals surface area contributed by atoms with Gasteiger partial charge in [0.1, 0.15) is 6.04 Å². The van der Waals surface area contributed by atoms with Gasteiger partial charge in [-0.25, -0.2) is 8.42 Å². The van der Waals surface area contributed by atoms with Crippen LogP contribution >= 0.6 is 12.4 Å². The summed E-state index contributed by atoms with van der Waals surface area (Å²) in [5.41, 5.74) is 5.99. The summed E-state index contributed by atoms with van der Waals surface area (Å²) in [6, 6.07) is 7.61. The number of hydrogen-bond acceptors (Lipinski definition) is 4. The highest BCUT2D eigenvalue weighted by molar-refractivity contribution is 7.89. The lowest BCUT2D eigenvalue weighted by Gasteiger charge is -2.24. The number of carbonyl (C=O) groups excluding carboxylic acids is 1. The molecule has 0 radical (unpaired) electrons. The quantitative estimate of drug-likeness (QED) is 0.781. The molecule has 6 nitrogen and oxygen atoms in total. The van der Waals surface area contributed by atoms with E-state index >= 15 is 0 Å². The van der Waals surface area contributed by atoms with Crippen LogP contribution in [0.2, 0.25) is 0 Å². The van der Waals surface area contributed by atoms with Crippen LogP contribution in [0, 0.1) is 5.92 Å². The second-order valence-corrected chi connectivity index (χ2v) is 8.22. The molecule has 2 unspecified atom stereocenters. The molecule has 1 aromatic carbocycles. The minimum atomic E-state index is -3.63. The van der Waals surface area contributed by atoms with Crippen molar-refractivity contribution in [2.75, 3.05) is 13.1 Å². The van der Waals surface area contributed by atoms with E-state index in [-0.39, 0.29) is 29.3 Å². The Morgan fingerprint density at radius 3 is 2.54 bits per heavy atom. The minimum absolute atomic E-state index is 0. The van der Waals surface area contributed by atoms with Crippen LogP contribution in [0.5, 0.6) is 0 Å². The van der Waals surface area contributed by atoms with Gasteiger partial charge in [-0.3, -0.25) is 4.79 Å². The summed E-state index contributed by atoms with van der Waals surface area (Å²) >= 11 is 0. The van der Waals surface area contributed by atoms with Crippen molar-refractivity contribution in [2.24, 2.45) is 11.7 Å². The Hall–Kier alpha value is -1.15. The molecule has 24 heavy (non-hydrogen) atoms. The van der Waals surface area contributed by atoms with Crippen LogP contribution in [-0.2, 0) is 14.8 Å². The molecule has 1 aromatic rings. The van der Waals surface area contributed by atoms with E-state index in [1.54, 1.807) is 30.3 Å². The molecule has 1 saturated carbocycles. The van der Waals surface area contributed by atoms with Gasteiger partial charge in [0.05, 0.1) is 4.90 Å². The smallest absolute Gasteiger partial charge is 0.243 e. The normalized spacial score (nSPS) is 22.6. The number of halogens is 1. The number of nitrogens with two attached hydrogens (primary N) is 1. The van der Waals surface area contributed by atoms with Crippen molar-refractivity contribution in [1.29, 1.82) is 0 Å². The molecule has 2 aliphatic rings. The van der Waals surface area contributed by atoms with Crippen molar-refractivity contribution in [1.82, 2.24) is 9.62 Å². The SMILES string of the molecule is Cl.NC(CNC(=O)C1CCCN1S(=O)(=O)c1ccccc1)C1CC1. The molecule has 8 heteroatoms. The zero-order chi connectivity index (χ0) is 16.4. The molecule has 134 valence electrons. The highest BCUT2D eigenvalue weighted by Gasteiger charge is 2.39. The Kier molecular flexibility index (Phi) is 6.25. The molecule has 3 N–H and O–H groups in total. The van der Waals surface area contributed by atoms with E-state index in [9.17, 15) is 13.2 Å². The fourth-order valence-corrected chi connectivity index (χ4v) is 4.72. The molecule has 1 heterocycles. The predicted molar refractivity (Wildman–Crippen MR) is 94.3 cm³/mol. The van der Waals surface area contributed by atoms with Crippen LogP contribution < -0.4 is 11.1 Å². The lowest BCUT2D eigenvalue weighted by atomic mass is 10.2. The molecule has 2 atom stereocenters. The van der Waals surface area contributed by atoms with E-state index in [0.29, 0.717) is 31.8 Å². The first kappa shape index (κ1) is 19.2. The number of hydrogen-bond donors (Lipinski definition) is 2. The van der Waals surface area contributed by atoms with Crippen LogP contribution in [0.25, 0.3) is 0 Å². The average molecular weight is 374 g/mol. The van der Waals surface area contributed by atoms with Crippen molar-refractivity contribution in [3.63, 3.8) is 0 Å². The average Bonchev–Trinajstić information content (AvgIpc) is 3.29. The number of nitrogens with zero attached hydrogens (tertiary/aromatic N) is 1. The summed E-state index contributed by atoms with van der Waals surface area (Å²) in [6.45, 7) is 0.795. The first-order chi connectivity index (χ1) is 11.0. The van der Waals surface area contributed by atoms with E-state index in [1.165, 1.54) is 4.31 Å². The molecule has 1 amide bonds. The number of amides is 1. The van der Waals surface area contributed by atoms with E-state index in [2.05, 4.69) is 5.32 Å². The van der Waals surface area contributed by atoms with E-state index in [1.807, 2.05) is 0 Å². The minimum Gasteiger partial charge on any atom is -0.353 e. The number of carbonyl (C=O) groups is 1. The molecule has 1 saturated heterocycles. The van der Waals surface area contributed by atoms with Gasteiger partial charge in [0, 0.05) is 19.1 Å². The van der Waals surface area contributed by atoms with E-state index in [0.717, 1.165) is 12.8 Å². The largest absolute Gasteiger partial charge is 0.353 e. The highest BCUT2D eigenvalue weighted by Crippen LogP contribution is 2.31. The standard InChI is InChI=1S/C16H23N3O3S.ClH/c17-14(12-8-9-12)11-18-16(20)15-7-4-10-19(15)23(21,22)13-5-2-1-3-6-13;/h1-3,5-6,12,14-15H,4,7-11,17H2,(H,18,20);1H. The van der Waals surface area contributed by atoms with Crippen molar-refractivity contribution in [3.8, 4) is 0 Å². The molecular weight excluding hydrogens is 350 g/mol. The van der Waals surface area contributed by atoms with E-state index in [4.69, 9.17) is 5.73 Å². The van der Waals surface area contributed by atoms with Gasteiger partial charge in [0.15, 0.2) is 0 Å². The van der Waals surface area contributed by atoms with Crippen molar-refractivity contribution in [3.05, 3.63) is 30.3 Å². The zero-order valence-electron chi connectivity index (χ0n) is 13.4. The Labute approximate surface area is 149 Å². The van der Waals surface area contributed by atoms with Gasteiger partial charge in [-0.05, 0) is 43.7 Å². The van der Waals surface area contributed by atoms with Crippen molar-refractivity contribution in [2.45, 2.75) is 42.7 Å². The van der Waals surface area contributed by atoms with Gasteiger partial charge in [0.2, 0.25) is 15.9 Å². The predicted octanol–water partition coefficient (Wildman–Crippen LogP) is 1.11. The second-order valence-electron chi connectivity index (χ2n) is 6.33. The Morgan fingerprint density at radius 2 is 1.92 bits per heavy atom. The summed E-state index contributed by atoms with van der Waals surface area (Å²) < 4.78 is 26.8. The van der Waals surface area contributed by atoms with Gasteiger partial charge in [0.25, 0.3) is 0 Å². The van der Waals surface area contributed by atoms with Gasteiger partial charge < -0.3 is 11.1 Å². The molecule has 0 bridgehead atoms. The zero-order valence-corrected chi connectivity index (χ0v) is 15.1. The third-order valence-corrected chi connectivity index (χ3v) is 6.52. The van der Waals surface area contributed by atoms with Gasteiger partial charge >= 0.3 is 0 Å². The van der Waals surface area contributed by atoms with Crippen LogP contribution in [0.3, 0.4) is 0 Å². The maximum Gasteiger partial charge on any atom is 0.243 e. The molecule has 3 rings (SSSR count). The van der Waals surface area contributed by atoms with Crippen LogP contribution in [0.15, 0.2) is 35.2 Å². The van der Waals surface area contributed by atoms with Crippen molar-refractivity contribution < 1.29 is 13.2 Å². The van der Waals surface area contributed by atoms with E-state index < -0.39 is 16.1 Å². The topological polar surface area (TPSA) is 92.5 Å². The van der Waals surface area contributed by atoms with Crippen molar-refractivity contribution >= 4 is 28.3 Å². The summed E-state index contributed by atoms with van der Waals surface area (Å²) in [7, 11) is -3.63. The van der Waals surface area contributed by atoms with Gasteiger partial charge in [-0.15, -0.1) is 12.4 Å². The fraction of sp³-hybridized carbons (Fsp3) is 0.562. The molecule has 1 aliphatic heterocycles. The third-order valence-electron chi connectivity index (χ3n) is 4.60. The molecule has 1 aliphatic carbocycles. The maximum atomic E-state index is 12.7. The Balaban J connectivity index is 0.00000208. The number of rotatable bonds is 6. The molecule has 2 fully saturated rings. The maximum absolute atomic E-state index is 12.7. The highest BCUT2D eigenvalue weighted by atomic mass is 35.5. The van der Waals surface area contributed by atoms with Crippen LogP contribution in [0.1, 0.15) is 25.7 Å². The summed E-state index contributed by atoms with van der Waals surface area (Å²) in [6.07, 6.45) is 3.49. The lowest BCUT2D eigenvalue weighted by Crippen LogP contribution is -2.48. The third kappa shape index (κ3) is 4.08. The Morgan fingerprint density at radius 1 is 1.25 bits per heavy atom. The summed E-state index contributed by atoms with van der Waals surface area (Å²) in [5.74, 6) is 0.265. The summed E-state index contributed by atoms with van der Waals surface area (Å²) in [5, 5.41) is 2.83. The van der Waals surface area contributed by atoms with Crippen LogP contribution in [-0.4, -0.2) is 43.8 Å². The second kappa shape index (κ2) is 7.82. The van der Waals surface area contributed by atoms with Crippen LogP contribution in [0.4, 0.5) is 0 Å². The first-order valence-corrected chi connectivity index (χ1v) is 9.54. The van der Waals surface area contributed by atoms with Gasteiger partial charge in [-0.1, -0.05) is 18.2 Å². The molecule has 0 aromatic heterocycles. The number of sulfonamides is 1. The van der Waals surface area contributed by atoms with Gasteiger partial charge in [-0.2, -0.15) is 4.31 Å². The first-order valence-electron chi connectivity index (χ1n) is 8.10.